The first-order valence-corrected chi connectivity index (χ1v) is 9.43. The molecular formula is C15H11F7N4O2S. The van der Waals surface area contributed by atoms with Crippen LogP contribution in [-0.2, 0) is 15.7 Å². The lowest BCUT2D eigenvalue weighted by atomic mass is 10.0. The van der Waals surface area contributed by atoms with Crippen LogP contribution in [0.4, 0.5) is 30.7 Å². The molecule has 29 heavy (non-hydrogen) atoms. The molecule has 14 heteroatoms. The van der Waals surface area contributed by atoms with Gasteiger partial charge in [-0.1, -0.05) is 12.1 Å². The van der Waals surface area contributed by atoms with E-state index in [1.807, 2.05) is 0 Å². The Morgan fingerprint density at radius 1 is 1.00 bits per heavy atom. The fourth-order valence-electron chi connectivity index (χ4n) is 2.62. The number of benzene rings is 1. The van der Waals surface area contributed by atoms with Crippen LogP contribution in [-0.4, -0.2) is 45.0 Å². The molecule has 0 bridgehead atoms. The van der Waals surface area contributed by atoms with E-state index in [1.165, 1.54) is 31.2 Å². The Morgan fingerprint density at radius 3 is 2.14 bits per heavy atom. The van der Waals surface area contributed by atoms with E-state index in [4.69, 9.17) is 0 Å². The zero-order valence-corrected chi connectivity index (χ0v) is 15.1. The van der Waals surface area contributed by atoms with Crippen LogP contribution in [0.25, 0.3) is 17.0 Å². The topological polar surface area (TPSA) is 69.8 Å². The van der Waals surface area contributed by atoms with Crippen molar-refractivity contribution in [3.63, 3.8) is 0 Å². The average molecular weight is 444 g/mol. The summed E-state index contributed by atoms with van der Waals surface area (Å²) in [5.41, 5.74) is -7.60. The molecule has 0 aliphatic carbocycles. The van der Waals surface area contributed by atoms with Crippen molar-refractivity contribution in [1.29, 1.82) is 0 Å². The number of rotatable bonds is 4. The number of alkyl halides is 7. The first-order valence-electron chi connectivity index (χ1n) is 7.82. The number of hydrogen-bond acceptors (Lipinski definition) is 4. The third-order valence-corrected chi connectivity index (χ3v) is 5.74. The molecule has 0 atom stereocenters. The molecule has 0 saturated heterocycles. The van der Waals surface area contributed by atoms with Crippen molar-refractivity contribution in [3.8, 4) is 5.95 Å². The molecular weight excluding hydrogens is 433 g/mol. The van der Waals surface area contributed by atoms with Crippen LogP contribution >= 0.6 is 0 Å². The van der Waals surface area contributed by atoms with Gasteiger partial charge in [0.2, 0.25) is 16.0 Å². The fourth-order valence-corrected chi connectivity index (χ4v) is 3.71. The molecule has 158 valence electrons. The summed E-state index contributed by atoms with van der Waals surface area (Å²) in [5, 5.41) is 0. The Hall–Kier alpha value is -2.64. The van der Waals surface area contributed by atoms with E-state index in [0.29, 0.717) is 14.9 Å². The Kier molecular flexibility index (Phi) is 4.68. The largest absolute Gasteiger partial charge is 0.437 e. The summed E-state index contributed by atoms with van der Waals surface area (Å²) in [7, 11) is -4.08. The number of aromatic nitrogens is 4. The Morgan fingerprint density at radius 2 is 1.59 bits per heavy atom. The molecule has 0 saturated carbocycles. The lowest BCUT2D eigenvalue weighted by Gasteiger charge is -2.28. The third kappa shape index (κ3) is 3.14. The number of halogens is 7. The van der Waals surface area contributed by atoms with Gasteiger partial charge < -0.3 is 0 Å². The number of fused-ring (bicyclic) bond motifs is 1. The van der Waals surface area contributed by atoms with Crippen molar-refractivity contribution in [1.82, 2.24) is 18.5 Å². The van der Waals surface area contributed by atoms with Crippen LogP contribution in [0.1, 0.15) is 12.6 Å². The number of hydrogen-bond donors (Lipinski definition) is 0. The van der Waals surface area contributed by atoms with Crippen molar-refractivity contribution in [3.05, 3.63) is 42.5 Å². The Bertz CT molecular complexity index is 1150. The van der Waals surface area contributed by atoms with Gasteiger partial charge in [0.1, 0.15) is 12.0 Å². The Balaban J connectivity index is 2.27. The van der Waals surface area contributed by atoms with Gasteiger partial charge in [0.25, 0.3) is 0 Å². The van der Waals surface area contributed by atoms with Crippen molar-refractivity contribution in [2.24, 2.45) is 0 Å². The summed E-state index contributed by atoms with van der Waals surface area (Å²) in [5.74, 6) is -1.00. The summed E-state index contributed by atoms with van der Waals surface area (Å²) in [4.78, 5) is 6.86. The van der Waals surface area contributed by atoms with E-state index >= 15 is 0 Å². The van der Waals surface area contributed by atoms with Crippen molar-refractivity contribution in [2.75, 3.05) is 5.75 Å². The van der Waals surface area contributed by atoms with Gasteiger partial charge in [-0.05, 0) is 19.1 Å². The Labute approximate surface area is 158 Å². The summed E-state index contributed by atoms with van der Waals surface area (Å²) >= 11 is 0. The number of para-hydroxylation sites is 2. The lowest BCUT2D eigenvalue weighted by Crippen LogP contribution is -2.50. The highest BCUT2D eigenvalue weighted by molar-refractivity contribution is 7.90. The molecule has 0 spiro atoms. The minimum Gasteiger partial charge on any atom is -0.275 e. The van der Waals surface area contributed by atoms with E-state index in [2.05, 4.69) is 9.97 Å². The maximum absolute atomic E-state index is 14.2. The zero-order chi connectivity index (χ0) is 21.8. The van der Waals surface area contributed by atoms with Gasteiger partial charge in [0, 0.05) is 6.20 Å². The van der Waals surface area contributed by atoms with Crippen molar-refractivity contribution >= 4 is 21.1 Å². The predicted octanol–water partition coefficient (Wildman–Crippen LogP) is 3.71. The van der Waals surface area contributed by atoms with Crippen molar-refractivity contribution in [2.45, 2.75) is 24.9 Å². The van der Waals surface area contributed by atoms with E-state index in [-0.39, 0.29) is 17.2 Å². The van der Waals surface area contributed by atoms with Crippen LogP contribution in [0, 0.1) is 0 Å². The minimum absolute atomic E-state index is 0.0396. The van der Waals surface area contributed by atoms with Gasteiger partial charge >= 0.3 is 18.0 Å². The van der Waals surface area contributed by atoms with Crippen LogP contribution in [0.15, 0.2) is 36.8 Å². The highest BCUT2D eigenvalue weighted by Gasteiger charge is 2.75. The second kappa shape index (κ2) is 6.43. The highest BCUT2D eigenvalue weighted by atomic mass is 32.2. The first kappa shape index (κ1) is 21.1. The van der Waals surface area contributed by atoms with Gasteiger partial charge in [0.15, 0.2) is 0 Å². The standard InChI is InChI=1S/C15H11F7N4O2S/c1-2-29(27,28)26-10-6-4-3-5-9(10)24-12(26)25-7-11(23-8-25)13(16,14(17,18)19)15(20,21)22/h3-8H,2H2,1H3. The van der Waals surface area contributed by atoms with E-state index < -0.39 is 45.4 Å². The van der Waals surface area contributed by atoms with Gasteiger partial charge in [-0.3, -0.25) is 4.57 Å². The third-order valence-electron chi connectivity index (χ3n) is 4.09. The van der Waals surface area contributed by atoms with Crippen LogP contribution < -0.4 is 0 Å². The monoisotopic (exact) mass is 444 g/mol. The van der Waals surface area contributed by atoms with Gasteiger partial charge in [-0.15, -0.1) is 0 Å². The zero-order valence-electron chi connectivity index (χ0n) is 14.3. The molecule has 3 aromatic rings. The average Bonchev–Trinajstić information content (AvgIpc) is 3.23. The predicted molar refractivity (Wildman–Crippen MR) is 86.6 cm³/mol. The quantitative estimate of drug-likeness (QED) is 0.576. The summed E-state index contributed by atoms with van der Waals surface area (Å²) in [6, 6.07) is 5.71. The van der Waals surface area contributed by atoms with Gasteiger partial charge in [-0.2, -0.15) is 26.3 Å². The molecule has 0 amide bonds. The molecule has 0 fully saturated rings. The van der Waals surface area contributed by atoms with Crippen molar-refractivity contribution < 1.29 is 39.2 Å². The van der Waals surface area contributed by atoms with Crippen LogP contribution in [0.3, 0.4) is 0 Å². The molecule has 0 unspecified atom stereocenters. The fraction of sp³-hybridized carbons (Fsp3) is 0.333. The molecule has 0 aliphatic rings. The maximum Gasteiger partial charge on any atom is 0.437 e. The van der Waals surface area contributed by atoms with Crippen LogP contribution in [0.2, 0.25) is 0 Å². The van der Waals surface area contributed by atoms with E-state index in [0.717, 1.165) is 0 Å². The second-order valence-corrected chi connectivity index (χ2v) is 7.99. The molecule has 0 N–H and O–H groups in total. The molecule has 0 aliphatic heterocycles. The minimum atomic E-state index is -6.35. The normalized spacial score (nSPS) is 13.9. The maximum atomic E-state index is 14.2. The molecule has 2 aromatic heterocycles. The van der Waals surface area contributed by atoms with E-state index in [9.17, 15) is 39.2 Å². The molecule has 2 heterocycles. The molecule has 6 nitrogen and oxygen atoms in total. The van der Waals surface area contributed by atoms with Gasteiger partial charge in [-0.25, -0.2) is 26.7 Å². The summed E-state index contributed by atoms with van der Waals surface area (Å²) in [6.07, 6.45) is -12.1. The summed E-state index contributed by atoms with van der Waals surface area (Å²) < 4.78 is 118. The van der Waals surface area contributed by atoms with Crippen LogP contribution in [0.5, 0.6) is 0 Å². The smallest absolute Gasteiger partial charge is 0.275 e. The SMILES string of the molecule is CCS(=O)(=O)n1c(-n2cnc(C(F)(C(F)(F)F)C(F)(F)F)c2)nc2ccccc21. The van der Waals surface area contributed by atoms with Gasteiger partial charge in [0.05, 0.1) is 16.8 Å². The molecule has 3 rings (SSSR count). The number of imidazole rings is 2. The highest BCUT2D eigenvalue weighted by Crippen LogP contribution is 2.52. The molecule has 1 aromatic carbocycles. The first-order chi connectivity index (χ1) is 13.2. The second-order valence-electron chi connectivity index (χ2n) is 5.89. The lowest BCUT2D eigenvalue weighted by molar-refractivity contribution is -0.349. The molecule has 0 radical (unpaired) electrons. The van der Waals surface area contributed by atoms with E-state index in [1.54, 1.807) is 0 Å². The number of nitrogens with zero attached hydrogens (tertiary/aromatic N) is 4. The summed E-state index contributed by atoms with van der Waals surface area (Å²) in [6.45, 7) is 1.28.